The first-order chi connectivity index (χ1) is 8.83. The lowest BCUT2D eigenvalue weighted by Crippen LogP contribution is -2.13. The van der Waals surface area contributed by atoms with Crippen LogP contribution >= 0.6 is 0 Å². The Hall–Kier alpha value is -1.24. The van der Waals surface area contributed by atoms with E-state index in [1.807, 2.05) is 6.26 Å². The Bertz CT molecular complexity index is 389. The van der Waals surface area contributed by atoms with Crippen molar-refractivity contribution in [1.82, 2.24) is 0 Å². The Morgan fingerprint density at radius 1 is 1.11 bits per heavy atom. The molecular formula is C17H24O. The van der Waals surface area contributed by atoms with Gasteiger partial charge in [0.1, 0.15) is 0 Å². The molecule has 2 rings (SSSR count). The van der Waals surface area contributed by atoms with Gasteiger partial charge in [-0.1, -0.05) is 51.0 Å². The number of aryl methyl sites for hydroxylation is 1. The van der Waals surface area contributed by atoms with Gasteiger partial charge in [-0.2, -0.15) is 0 Å². The fraction of sp³-hybridized carbons (Fsp3) is 0.529. The fourth-order valence-corrected chi connectivity index (χ4v) is 2.54. The van der Waals surface area contributed by atoms with Gasteiger partial charge in [0.2, 0.25) is 0 Å². The summed E-state index contributed by atoms with van der Waals surface area (Å²) in [6.07, 6.45) is 9.52. The zero-order valence-electron chi connectivity index (χ0n) is 11.6. The maximum absolute atomic E-state index is 5.80. The van der Waals surface area contributed by atoms with Crippen LogP contribution < -0.4 is 0 Å². The van der Waals surface area contributed by atoms with Crippen molar-refractivity contribution in [3.63, 3.8) is 0 Å². The summed E-state index contributed by atoms with van der Waals surface area (Å²) >= 11 is 0. The number of hydrogen-bond donors (Lipinski definition) is 0. The summed E-state index contributed by atoms with van der Waals surface area (Å²) in [4.78, 5) is 0. The minimum absolute atomic E-state index is 0.443. The minimum atomic E-state index is 0.443. The molecule has 0 radical (unpaired) electrons. The first-order valence-electron chi connectivity index (χ1n) is 7.27. The Morgan fingerprint density at radius 2 is 1.89 bits per heavy atom. The number of hydrogen-bond acceptors (Lipinski definition) is 1. The summed E-state index contributed by atoms with van der Waals surface area (Å²) in [7, 11) is 0. The largest absolute Gasteiger partial charge is 0.498 e. The maximum Gasteiger partial charge on any atom is 0.0981 e. The molecule has 0 bridgehead atoms. The molecule has 1 nitrogen and oxygen atoms in total. The lowest BCUT2D eigenvalue weighted by Gasteiger charge is -2.23. The normalized spacial score (nSPS) is 19.2. The van der Waals surface area contributed by atoms with Crippen LogP contribution in [0.4, 0.5) is 0 Å². The van der Waals surface area contributed by atoms with Crippen LogP contribution in [0.15, 0.2) is 30.5 Å². The molecular weight excluding hydrogens is 220 g/mol. The van der Waals surface area contributed by atoms with E-state index in [0.717, 1.165) is 12.8 Å². The lowest BCUT2D eigenvalue weighted by atomic mass is 9.96. The molecule has 0 amide bonds. The zero-order valence-corrected chi connectivity index (χ0v) is 11.6. The standard InChI is InChI=1S/C17H24O/c1-3-5-14-7-9-15(10-8-14)16-11-12-17(6-4-2)18-13-16/h7-10,13,17H,3-6,11-12H2,1-2H3. The number of rotatable bonds is 5. The average molecular weight is 244 g/mol. The summed E-state index contributed by atoms with van der Waals surface area (Å²) in [5, 5.41) is 0. The average Bonchev–Trinajstić information content (AvgIpc) is 2.41. The number of benzene rings is 1. The predicted molar refractivity (Wildman–Crippen MR) is 77.4 cm³/mol. The summed E-state index contributed by atoms with van der Waals surface area (Å²) in [5.41, 5.74) is 4.11. The van der Waals surface area contributed by atoms with Crippen LogP contribution in [0.2, 0.25) is 0 Å². The third-order valence-corrected chi connectivity index (χ3v) is 3.61. The molecule has 1 aromatic rings. The van der Waals surface area contributed by atoms with Crippen molar-refractivity contribution in [2.45, 2.75) is 58.5 Å². The number of ether oxygens (including phenoxy) is 1. The second kappa shape index (κ2) is 6.63. The maximum atomic E-state index is 5.80. The van der Waals surface area contributed by atoms with Crippen molar-refractivity contribution in [2.24, 2.45) is 0 Å². The van der Waals surface area contributed by atoms with Crippen molar-refractivity contribution in [3.8, 4) is 0 Å². The molecule has 1 aliphatic heterocycles. The van der Waals surface area contributed by atoms with E-state index in [4.69, 9.17) is 4.74 Å². The zero-order chi connectivity index (χ0) is 12.8. The highest BCUT2D eigenvalue weighted by molar-refractivity contribution is 5.65. The quantitative estimate of drug-likeness (QED) is 0.711. The van der Waals surface area contributed by atoms with E-state index in [2.05, 4.69) is 38.1 Å². The molecule has 1 heterocycles. The molecule has 0 fully saturated rings. The van der Waals surface area contributed by atoms with Gasteiger partial charge in [-0.05, 0) is 42.4 Å². The Labute approximate surface area is 111 Å². The van der Waals surface area contributed by atoms with Gasteiger partial charge in [0.15, 0.2) is 0 Å². The topological polar surface area (TPSA) is 9.23 Å². The van der Waals surface area contributed by atoms with Crippen molar-refractivity contribution < 1.29 is 4.74 Å². The van der Waals surface area contributed by atoms with E-state index in [9.17, 15) is 0 Å². The monoisotopic (exact) mass is 244 g/mol. The first kappa shape index (κ1) is 13.2. The van der Waals surface area contributed by atoms with Crippen molar-refractivity contribution in [3.05, 3.63) is 41.7 Å². The van der Waals surface area contributed by atoms with E-state index in [0.29, 0.717) is 6.10 Å². The molecule has 0 saturated carbocycles. The Balaban J connectivity index is 1.99. The predicted octanol–water partition coefficient (Wildman–Crippen LogP) is 4.96. The van der Waals surface area contributed by atoms with Crippen molar-refractivity contribution in [2.75, 3.05) is 0 Å². The Morgan fingerprint density at radius 3 is 2.44 bits per heavy atom. The second-order valence-corrected chi connectivity index (χ2v) is 5.18. The highest BCUT2D eigenvalue weighted by atomic mass is 16.5. The third kappa shape index (κ3) is 3.38. The molecule has 0 spiro atoms. The highest BCUT2D eigenvalue weighted by Gasteiger charge is 2.15. The van der Waals surface area contributed by atoms with Crippen LogP contribution in [0.3, 0.4) is 0 Å². The highest BCUT2D eigenvalue weighted by Crippen LogP contribution is 2.28. The lowest BCUT2D eigenvalue weighted by molar-refractivity contribution is 0.118. The molecule has 1 aliphatic rings. The van der Waals surface area contributed by atoms with E-state index >= 15 is 0 Å². The SMILES string of the molecule is CCCc1ccc(C2=COC(CCC)CC2)cc1. The van der Waals surface area contributed by atoms with Gasteiger partial charge < -0.3 is 4.74 Å². The van der Waals surface area contributed by atoms with E-state index < -0.39 is 0 Å². The van der Waals surface area contributed by atoms with Crippen LogP contribution in [0, 0.1) is 0 Å². The van der Waals surface area contributed by atoms with Crippen LogP contribution in [-0.4, -0.2) is 6.10 Å². The second-order valence-electron chi connectivity index (χ2n) is 5.18. The summed E-state index contributed by atoms with van der Waals surface area (Å²) in [6.45, 7) is 4.44. The molecule has 1 heteroatoms. The van der Waals surface area contributed by atoms with E-state index in [1.165, 1.54) is 42.4 Å². The van der Waals surface area contributed by atoms with Gasteiger partial charge in [0.05, 0.1) is 12.4 Å². The van der Waals surface area contributed by atoms with Gasteiger partial charge >= 0.3 is 0 Å². The molecule has 98 valence electrons. The van der Waals surface area contributed by atoms with Gasteiger partial charge in [0, 0.05) is 0 Å². The minimum Gasteiger partial charge on any atom is -0.498 e. The molecule has 1 unspecified atom stereocenters. The van der Waals surface area contributed by atoms with Crippen LogP contribution in [-0.2, 0) is 11.2 Å². The molecule has 0 aliphatic carbocycles. The van der Waals surface area contributed by atoms with Crippen LogP contribution in [0.5, 0.6) is 0 Å². The molecule has 18 heavy (non-hydrogen) atoms. The smallest absolute Gasteiger partial charge is 0.0981 e. The Kier molecular flexibility index (Phi) is 4.86. The van der Waals surface area contributed by atoms with Crippen molar-refractivity contribution >= 4 is 5.57 Å². The summed E-state index contributed by atoms with van der Waals surface area (Å²) in [5.74, 6) is 0. The molecule has 0 N–H and O–H groups in total. The first-order valence-corrected chi connectivity index (χ1v) is 7.27. The third-order valence-electron chi connectivity index (χ3n) is 3.61. The molecule has 1 atom stereocenters. The fourth-order valence-electron chi connectivity index (χ4n) is 2.54. The summed E-state index contributed by atoms with van der Waals surface area (Å²) in [6, 6.07) is 8.97. The van der Waals surface area contributed by atoms with Gasteiger partial charge in [0.25, 0.3) is 0 Å². The molecule has 0 saturated heterocycles. The summed E-state index contributed by atoms with van der Waals surface area (Å²) < 4.78 is 5.80. The van der Waals surface area contributed by atoms with Crippen LogP contribution in [0.1, 0.15) is 57.1 Å². The van der Waals surface area contributed by atoms with Crippen molar-refractivity contribution in [1.29, 1.82) is 0 Å². The van der Waals surface area contributed by atoms with Gasteiger partial charge in [-0.25, -0.2) is 0 Å². The molecule has 1 aromatic carbocycles. The molecule has 0 aromatic heterocycles. The van der Waals surface area contributed by atoms with Crippen LogP contribution in [0.25, 0.3) is 5.57 Å². The van der Waals surface area contributed by atoms with E-state index in [1.54, 1.807) is 0 Å². The van der Waals surface area contributed by atoms with Gasteiger partial charge in [-0.15, -0.1) is 0 Å². The van der Waals surface area contributed by atoms with Gasteiger partial charge in [-0.3, -0.25) is 0 Å². The number of allylic oxidation sites excluding steroid dienone is 1. The van der Waals surface area contributed by atoms with E-state index in [-0.39, 0.29) is 0 Å².